The van der Waals surface area contributed by atoms with Gasteiger partial charge in [0.25, 0.3) is 5.91 Å². The SMILES string of the molecule is CC(=NNC(=O)c1ccc(Cl)cc1)c1ccc(Cl)cc1. The molecule has 1 amide bonds. The topological polar surface area (TPSA) is 41.5 Å². The molecular weight excluding hydrogens is 295 g/mol. The molecule has 1 N–H and O–H groups in total. The highest BCUT2D eigenvalue weighted by Gasteiger charge is 2.04. The second kappa shape index (κ2) is 6.55. The number of rotatable bonds is 3. The van der Waals surface area contributed by atoms with E-state index in [2.05, 4.69) is 10.5 Å². The number of benzene rings is 2. The van der Waals surface area contributed by atoms with Crippen LogP contribution in [0.15, 0.2) is 53.6 Å². The number of hydrogen-bond acceptors (Lipinski definition) is 2. The molecule has 0 atom stereocenters. The predicted octanol–water partition coefficient (Wildman–Crippen LogP) is 4.15. The Hall–Kier alpha value is -1.84. The Balaban J connectivity index is 2.06. The zero-order valence-corrected chi connectivity index (χ0v) is 12.2. The summed E-state index contributed by atoms with van der Waals surface area (Å²) in [4.78, 5) is 11.9. The Morgan fingerprint density at radius 3 is 1.85 bits per heavy atom. The number of nitrogens with zero attached hydrogens (tertiary/aromatic N) is 1. The van der Waals surface area contributed by atoms with Gasteiger partial charge >= 0.3 is 0 Å². The Labute approximate surface area is 127 Å². The van der Waals surface area contributed by atoms with Gasteiger partial charge in [-0.25, -0.2) is 5.43 Å². The highest BCUT2D eigenvalue weighted by Crippen LogP contribution is 2.11. The average Bonchev–Trinajstić information content (AvgIpc) is 2.46. The van der Waals surface area contributed by atoms with Gasteiger partial charge in [0.1, 0.15) is 0 Å². The van der Waals surface area contributed by atoms with E-state index in [1.165, 1.54) is 0 Å². The molecule has 2 aromatic carbocycles. The lowest BCUT2D eigenvalue weighted by atomic mass is 10.1. The van der Waals surface area contributed by atoms with E-state index in [0.717, 1.165) is 5.56 Å². The minimum Gasteiger partial charge on any atom is -0.267 e. The molecule has 0 saturated carbocycles. The molecular formula is C15H12Cl2N2O. The summed E-state index contributed by atoms with van der Waals surface area (Å²) in [5.41, 5.74) is 4.60. The van der Waals surface area contributed by atoms with Crippen LogP contribution in [-0.4, -0.2) is 11.6 Å². The van der Waals surface area contributed by atoms with Gasteiger partial charge in [0, 0.05) is 15.6 Å². The third-order valence-corrected chi connectivity index (χ3v) is 3.20. The maximum atomic E-state index is 11.9. The molecule has 2 aromatic rings. The van der Waals surface area contributed by atoms with Crippen LogP contribution in [0.5, 0.6) is 0 Å². The second-order valence-corrected chi connectivity index (χ2v) is 5.02. The molecule has 0 aliphatic carbocycles. The highest BCUT2D eigenvalue weighted by molar-refractivity contribution is 6.31. The molecule has 0 bridgehead atoms. The van der Waals surface area contributed by atoms with Crippen LogP contribution >= 0.6 is 23.2 Å². The molecule has 0 aliphatic heterocycles. The van der Waals surface area contributed by atoms with E-state index in [9.17, 15) is 4.79 Å². The first-order valence-electron chi connectivity index (χ1n) is 5.92. The van der Waals surface area contributed by atoms with Crippen molar-refractivity contribution >= 4 is 34.8 Å². The maximum Gasteiger partial charge on any atom is 0.271 e. The van der Waals surface area contributed by atoms with Crippen molar-refractivity contribution in [2.75, 3.05) is 0 Å². The van der Waals surface area contributed by atoms with E-state index < -0.39 is 0 Å². The monoisotopic (exact) mass is 306 g/mol. The maximum absolute atomic E-state index is 11.9. The Kier molecular flexibility index (Phi) is 4.77. The van der Waals surface area contributed by atoms with Gasteiger partial charge in [-0.2, -0.15) is 5.10 Å². The molecule has 3 nitrogen and oxygen atoms in total. The molecule has 0 heterocycles. The molecule has 0 unspecified atom stereocenters. The lowest BCUT2D eigenvalue weighted by molar-refractivity contribution is 0.0955. The van der Waals surface area contributed by atoms with E-state index in [1.54, 1.807) is 36.4 Å². The van der Waals surface area contributed by atoms with Crippen molar-refractivity contribution in [2.24, 2.45) is 5.10 Å². The van der Waals surface area contributed by atoms with Crippen LogP contribution in [0.4, 0.5) is 0 Å². The Morgan fingerprint density at radius 1 is 0.900 bits per heavy atom. The van der Waals surface area contributed by atoms with Crippen LogP contribution in [-0.2, 0) is 0 Å². The van der Waals surface area contributed by atoms with Gasteiger partial charge in [0.15, 0.2) is 0 Å². The van der Waals surface area contributed by atoms with Gasteiger partial charge < -0.3 is 0 Å². The third-order valence-electron chi connectivity index (χ3n) is 2.69. The van der Waals surface area contributed by atoms with Crippen molar-refractivity contribution < 1.29 is 4.79 Å². The number of hydrogen-bond donors (Lipinski definition) is 1. The molecule has 5 heteroatoms. The first kappa shape index (κ1) is 14.6. The first-order chi connectivity index (χ1) is 9.56. The van der Waals surface area contributed by atoms with Gasteiger partial charge in [-0.15, -0.1) is 0 Å². The van der Waals surface area contributed by atoms with Gasteiger partial charge in [0.05, 0.1) is 5.71 Å². The summed E-state index contributed by atoms with van der Waals surface area (Å²) in [5, 5.41) is 5.31. The Morgan fingerprint density at radius 2 is 1.35 bits per heavy atom. The number of amides is 1. The smallest absolute Gasteiger partial charge is 0.267 e. The fourth-order valence-electron chi connectivity index (χ4n) is 1.56. The number of hydrazone groups is 1. The van der Waals surface area contributed by atoms with E-state index in [-0.39, 0.29) is 5.91 Å². The number of carbonyl (C=O) groups is 1. The third kappa shape index (κ3) is 3.83. The fourth-order valence-corrected chi connectivity index (χ4v) is 1.81. The molecule has 102 valence electrons. The summed E-state index contributed by atoms with van der Waals surface area (Å²) < 4.78 is 0. The van der Waals surface area contributed by atoms with E-state index in [0.29, 0.717) is 21.3 Å². The largest absolute Gasteiger partial charge is 0.271 e. The van der Waals surface area contributed by atoms with Gasteiger partial charge in [-0.3, -0.25) is 4.79 Å². The quantitative estimate of drug-likeness (QED) is 0.672. The van der Waals surface area contributed by atoms with Crippen molar-refractivity contribution in [3.8, 4) is 0 Å². The molecule has 2 rings (SSSR count). The molecule has 0 spiro atoms. The van der Waals surface area contributed by atoms with Crippen LogP contribution in [0.2, 0.25) is 10.0 Å². The van der Waals surface area contributed by atoms with Crippen LogP contribution in [0.1, 0.15) is 22.8 Å². The summed E-state index contributed by atoms with van der Waals surface area (Å²) in [6.45, 7) is 1.81. The summed E-state index contributed by atoms with van der Waals surface area (Å²) in [5.74, 6) is -0.282. The molecule has 0 radical (unpaired) electrons. The van der Waals surface area contributed by atoms with Crippen LogP contribution in [0.3, 0.4) is 0 Å². The molecule has 0 fully saturated rings. The fraction of sp³-hybridized carbons (Fsp3) is 0.0667. The molecule has 0 saturated heterocycles. The van der Waals surface area contributed by atoms with Crippen molar-refractivity contribution in [2.45, 2.75) is 6.92 Å². The normalized spacial score (nSPS) is 11.2. The lowest BCUT2D eigenvalue weighted by Crippen LogP contribution is -2.19. The van der Waals surface area contributed by atoms with Gasteiger partial charge in [-0.05, 0) is 48.9 Å². The zero-order valence-electron chi connectivity index (χ0n) is 10.7. The summed E-state index contributed by atoms with van der Waals surface area (Å²) in [7, 11) is 0. The predicted molar refractivity (Wildman–Crippen MR) is 82.6 cm³/mol. The number of carbonyl (C=O) groups excluding carboxylic acids is 1. The summed E-state index contributed by atoms with van der Waals surface area (Å²) >= 11 is 11.6. The highest BCUT2D eigenvalue weighted by atomic mass is 35.5. The standard InChI is InChI=1S/C15H12Cl2N2O/c1-10(11-2-6-13(16)7-3-11)18-19-15(20)12-4-8-14(17)9-5-12/h2-9H,1H3,(H,19,20). The minimum atomic E-state index is -0.282. The van der Waals surface area contributed by atoms with E-state index in [1.807, 2.05) is 19.1 Å². The summed E-state index contributed by atoms with van der Waals surface area (Å²) in [6, 6.07) is 13.8. The van der Waals surface area contributed by atoms with Crippen molar-refractivity contribution in [3.05, 3.63) is 69.7 Å². The summed E-state index contributed by atoms with van der Waals surface area (Å²) in [6.07, 6.45) is 0. The minimum absolute atomic E-state index is 0.282. The van der Waals surface area contributed by atoms with Crippen molar-refractivity contribution in [3.63, 3.8) is 0 Å². The molecule has 0 aliphatic rings. The number of nitrogens with one attached hydrogen (secondary N) is 1. The van der Waals surface area contributed by atoms with Gasteiger partial charge in [0.2, 0.25) is 0 Å². The first-order valence-corrected chi connectivity index (χ1v) is 6.68. The molecule has 20 heavy (non-hydrogen) atoms. The van der Waals surface area contributed by atoms with Crippen molar-refractivity contribution in [1.82, 2.24) is 5.43 Å². The van der Waals surface area contributed by atoms with E-state index >= 15 is 0 Å². The van der Waals surface area contributed by atoms with Crippen LogP contribution < -0.4 is 5.43 Å². The van der Waals surface area contributed by atoms with Crippen LogP contribution in [0.25, 0.3) is 0 Å². The number of halogens is 2. The van der Waals surface area contributed by atoms with E-state index in [4.69, 9.17) is 23.2 Å². The molecule has 0 aromatic heterocycles. The van der Waals surface area contributed by atoms with Gasteiger partial charge in [-0.1, -0.05) is 35.3 Å². The average molecular weight is 307 g/mol. The van der Waals surface area contributed by atoms with Crippen LogP contribution in [0, 0.1) is 0 Å². The second-order valence-electron chi connectivity index (χ2n) is 4.15. The Bertz CT molecular complexity index is 634. The van der Waals surface area contributed by atoms with Crippen molar-refractivity contribution in [1.29, 1.82) is 0 Å². The zero-order chi connectivity index (χ0) is 14.5. The lowest BCUT2D eigenvalue weighted by Gasteiger charge is -2.03.